The molecule has 0 bridgehead atoms. The van der Waals surface area contributed by atoms with Crippen molar-refractivity contribution in [2.75, 3.05) is 7.11 Å². The first-order chi connectivity index (χ1) is 21.0. The second-order valence-corrected chi connectivity index (χ2v) is 11.2. The minimum atomic E-state index is -0.943. The molecule has 1 N–H and O–H groups in total. The molecule has 7 aromatic rings. The normalized spacial score (nSPS) is 11.3. The number of carboxylic acid groups (broad SMARTS) is 1. The van der Waals surface area contributed by atoms with E-state index in [0.29, 0.717) is 22.7 Å². The Morgan fingerprint density at radius 1 is 0.907 bits per heavy atom. The monoisotopic (exact) mass is 585 g/mol. The SMILES string of the molecule is COc1ccc(-c2ccc3cc(-c4c(-c5ccccc5)c5sc(C(=O)O)cc5n4Cc4ccncc4)ccc3n2)cc1F. The van der Waals surface area contributed by atoms with Crippen molar-refractivity contribution >= 4 is 38.4 Å². The van der Waals surface area contributed by atoms with Crippen LogP contribution in [0.2, 0.25) is 0 Å². The van der Waals surface area contributed by atoms with Crippen molar-refractivity contribution in [3.63, 3.8) is 0 Å². The van der Waals surface area contributed by atoms with Gasteiger partial charge in [-0.05, 0) is 71.3 Å². The van der Waals surface area contributed by atoms with Gasteiger partial charge in [-0.25, -0.2) is 14.2 Å². The Morgan fingerprint density at radius 2 is 1.70 bits per heavy atom. The van der Waals surface area contributed by atoms with Crippen molar-refractivity contribution in [3.8, 4) is 39.4 Å². The highest BCUT2D eigenvalue weighted by molar-refractivity contribution is 7.21. The molecule has 0 amide bonds. The molecule has 4 heterocycles. The predicted octanol–water partition coefficient (Wildman–Crippen LogP) is 8.54. The van der Waals surface area contributed by atoms with Gasteiger partial charge >= 0.3 is 5.97 Å². The lowest BCUT2D eigenvalue weighted by Crippen LogP contribution is -2.03. The third-order valence-electron chi connectivity index (χ3n) is 7.51. The van der Waals surface area contributed by atoms with Crippen molar-refractivity contribution in [2.45, 2.75) is 6.54 Å². The Bertz CT molecular complexity index is 2140. The third-order valence-corrected chi connectivity index (χ3v) is 8.64. The van der Waals surface area contributed by atoms with Crippen LogP contribution < -0.4 is 4.74 Å². The summed E-state index contributed by atoms with van der Waals surface area (Å²) in [5, 5.41) is 10.8. The summed E-state index contributed by atoms with van der Waals surface area (Å²) in [6.45, 7) is 0.537. The molecule has 0 aliphatic carbocycles. The fourth-order valence-electron chi connectivity index (χ4n) is 5.50. The first-order valence-corrected chi connectivity index (χ1v) is 14.4. The number of fused-ring (bicyclic) bond motifs is 2. The van der Waals surface area contributed by atoms with E-state index in [9.17, 15) is 14.3 Å². The van der Waals surface area contributed by atoms with Crippen LogP contribution in [0.25, 0.3) is 54.8 Å². The second-order valence-electron chi connectivity index (χ2n) is 10.1. The molecule has 0 fully saturated rings. The standard InChI is InChI=1S/C35H24FN3O3S/c1-42-30-12-9-24(18-26(30)36)28-10-7-23-17-25(8-11-27(23)38-28)33-32(22-5-3-2-4-6-22)34-29(19-31(43-34)35(40)41)39(33)20-21-13-15-37-16-14-21/h2-19H,20H2,1H3,(H,40,41). The Labute approximate surface area is 250 Å². The number of ether oxygens (including phenoxy) is 1. The molecule has 0 aliphatic rings. The molecule has 3 aromatic carbocycles. The molecule has 0 saturated carbocycles. The number of hydrogen-bond donors (Lipinski definition) is 1. The van der Waals surface area contributed by atoms with Gasteiger partial charge in [0.15, 0.2) is 11.6 Å². The van der Waals surface area contributed by atoms with Gasteiger partial charge in [0.2, 0.25) is 0 Å². The van der Waals surface area contributed by atoms with E-state index in [0.717, 1.165) is 49.1 Å². The number of benzene rings is 3. The van der Waals surface area contributed by atoms with Crippen LogP contribution >= 0.6 is 11.3 Å². The molecule has 0 atom stereocenters. The number of thiophene rings is 1. The minimum Gasteiger partial charge on any atom is -0.494 e. The van der Waals surface area contributed by atoms with Gasteiger partial charge in [0.05, 0.1) is 34.2 Å². The molecule has 0 radical (unpaired) electrons. The minimum absolute atomic E-state index is 0.188. The van der Waals surface area contributed by atoms with Gasteiger partial charge in [0.25, 0.3) is 0 Å². The quantitative estimate of drug-likeness (QED) is 0.203. The fraction of sp³-hybridized carbons (Fsp3) is 0.0571. The van der Waals surface area contributed by atoms with E-state index in [4.69, 9.17) is 9.72 Å². The zero-order chi connectivity index (χ0) is 29.5. The van der Waals surface area contributed by atoms with Crippen molar-refractivity contribution in [3.05, 3.63) is 126 Å². The van der Waals surface area contributed by atoms with E-state index in [1.165, 1.54) is 24.5 Å². The van der Waals surface area contributed by atoms with E-state index in [2.05, 4.69) is 27.8 Å². The summed E-state index contributed by atoms with van der Waals surface area (Å²) in [6, 6.07) is 30.6. The van der Waals surface area contributed by atoms with E-state index in [1.54, 1.807) is 30.6 Å². The van der Waals surface area contributed by atoms with Gasteiger partial charge < -0.3 is 14.4 Å². The summed E-state index contributed by atoms with van der Waals surface area (Å²) in [7, 11) is 1.44. The maximum Gasteiger partial charge on any atom is 0.345 e. The lowest BCUT2D eigenvalue weighted by Gasteiger charge is -2.14. The van der Waals surface area contributed by atoms with Crippen molar-refractivity contribution in [1.29, 1.82) is 0 Å². The number of carboxylic acids is 1. The maximum atomic E-state index is 14.4. The zero-order valence-electron chi connectivity index (χ0n) is 23.0. The van der Waals surface area contributed by atoms with Crippen molar-refractivity contribution in [1.82, 2.24) is 14.5 Å². The first kappa shape index (κ1) is 26.6. The molecular formula is C35H24FN3O3S. The van der Waals surface area contributed by atoms with Gasteiger partial charge in [0.1, 0.15) is 4.88 Å². The molecule has 43 heavy (non-hydrogen) atoms. The molecule has 4 aromatic heterocycles. The van der Waals surface area contributed by atoms with Gasteiger partial charge in [-0.2, -0.15) is 0 Å². The fourth-order valence-corrected chi connectivity index (χ4v) is 6.56. The predicted molar refractivity (Wildman–Crippen MR) is 168 cm³/mol. The lowest BCUT2D eigenvalue weighted by molar-refractivity contribution is 0.0702. The van der Waals surface area contributed by atoms with E-state index in [-0.39, 0.29) is 5.75 Å². The van der Waals surface area contributed by atoms with Crippen LogP contribution in [0.5, 0.6) is 5.75 Å². The number of rotatable bonds is 7. The summed E-state index contributed by atoms with van der Waals surface area (Å²) >= 11 is 1.29. The lowest BCUT2D eigenvalue weighted by atomic mass is 9.99. The average Bonchev–Trinajstić information content (AvgIpc) is 3.60. The van der Waals surface area contributed by atoms with E-state index < -0.39 is 11.8 Å². The molecule has 210 valence electrons. The summed E-state index contributed by atoms with van der Waals surface area (Å²) < 4.78 is 22.6. The number of hydrogen-bond acceptors (Lipinski definition) is 5. The number of nitrogens with zero attached hydrogens (tertiary/aromatic N) is 3. The summed E-state index contributed by atoms with van der Waals surface area (Å²) in [4.78, 5) is 21.3. The van der Waals surface area contributed by atoms with Gasteiger partial charge in [-0.3, -0.25) is 4.98 Å². The Hall–Kier alpha value is -5.34. The Kier molecular flexibility index (Phi) is 6.68. The second kappa shape index (κ2) is 10.8. The number of halogens is 1. The maximum absolute atomic E-state index is 14.4. The number of aromatic carboxylic acids is 1. The summed E-state index contributed by atoms with van der Waals surface area (Å²) in [5.74, 6) is -1.19. The highest BCUT2D eigenvalue weighted by Crippen LogP contribution is 2.45. The third kappa shape index (κ3) is 4.81. The first-order valence-electron chi connectivity index (χ1n) is 13.6. The van der Waals surface area contributed by atoms with Gasteiger partial charge in [0, 0.05) is 35.5 Å². The average molecular weight is 586 g/mol. The highest BCUT2D eigenvalue weighted by atomic mass is 32.1. The van der Waals surface area contributed by atoms with Gasteiger partial charge in [-0.15, -0.1) is 11.3 Å². The highest BCUT2D eigenvalue weighted by Gasteiger charge is 2.24. The van der Waals surface area contributed by atoms with Crippen LogP contribution in [-0.2, 0) is 6.54 Å². The number of carbonyl (C=O) groups is 1. The Morgan fingerprint density at radius 3 is 2.44 bits per heavy atom. The molecule has 8 heteroatoms. The number of pyridine rings is 2. The van der Waals surface area contributed by atoms with Crippen LogP contribution in [0.1, 0.15) is 15.2 Å². The molecule has 0 spiro atoms. The van der Waals surface area contributed by atoms with Gasteiger partial charge in [-0.1, -0.05) is 42.5 Å². The topological polar surface area (TPSA) is 77.2 Å². The largest absolute Gasteiger partial charge is 0.494 e. The molecule has 0 unspecified atom stereocenters. The zero-order valence-corrected chi connectivity index (χ0v) is 23.8. The van der Waals surface area contributed by atoms with Crippen molar-refractivity contribution in [2.24, 2.45) is 0 Å². The number of methoxy groups -OCH3 is 1. The molecule has 6 nitrogen and oxygen atoms in total. The van der Waals surface area contributed by atoms with E-state index >= 15 is 0 Å². The van der Waals surface area contributed by atoms with Crippen LogP contribution in [-0.4, -0.2) is 32.7 Å². The van der Waals surface area contributed by atoms with Crippen molar-refractivity contribution < 1.29 is 19.0 Å². The molecule has 7 rings (SSSR count). The van der Waals surface area contributed by atoms with Crippen LogP contribution in [0.4, 0.5) is 4.39 Å². The summed E-state index contributed by atoms with van der Waals surface area (Å²) in [6.07, 6.45) is 3.52. The molecule has 0 saturated heterocycles. The summed E-state index contributed by atoms with van der Waals surface area (Å²) in [5.41, 5.74) is 7.98. The van der Waals surface area contributed by atoms with Crippen LogP contribution in [0.3, 0.4) is 0 Å². The van der Waals surface area contributed by atoms with Crippen LogP contribution in [0.15, 0.2) is 109 Å². The smallest absolute Gasteiger partial charge is 0.345 e. The van der Waals surface area contributed by atoms with Crippen LogP contribution in [0, 0.1) is 5.82 Å². The number of aromatic nitrogens is 3. The van der Waals surface area contributed by atoms with E-state index in [1.807, 2.05) is 54.6 Å². The molecular weight excluding hydrogens is 561 g/mol. The molecule has 0 aliphatic heterocycles. The Balaban J connectivity index is 1.43.